The van der Waals surface area contributed by atoms with Crippen molar-refractivity contribution in [3.05, 3.63) is 0 Å². The Bertz CT molecular complexity index is 380. The van der Waals surface area contributed by atoms with Crippen molar-refractivity contribution in [3.63, 3.8) is 0 Å². The fourth-order valence-corrected chi connectivity index (χ4v) is 2.69. The van der Waals surface area contributed by atoms with Gasteiger partial charge in [0.2, 0.25) is 0 Å². The van der Waals surface area contributed by atoms with Gasteiger partial charge in [0.25, 0.3) is 0 Å². The third-order valence-corrected chi connectivity index (χ3v) is 4.15. The minimum Gasteiger partial charge on any atom is -0.394 e. The standard InChI is InChI=1S/C13H24O10/c1-4-6(15)11(10(19)12(20-2)21-4)23-13-9(18)8(17)7(16)5(3-14)22-13/h4-19H,3H2,1-2H3/t4-,5+,6-,7+,8-,9-,10+,11+,12+,13+/m0/s1. The summed E-state index contributed by atoms with van der Waals surface area (Å²) in [6.07, 6.45) is -13.0. The van der Waals surface area contributed by atoms with Gasteiger partial charge in [-0.1, -0.05) is 0 Å². The Morgan fingerprint density at radius 2 is 1.48 bits per heavy atom. The molecular weight excluding hydrogens is 316 g/mol. The molecule has 6 N–H and O–H groups in total. The van der Waals surface area contributed by atoms with Gasteiger partial charge < -0.3 is 49.6 Å². The van der Waals surface area contributed by atoms with E-state index in [4.69, 9.17) is 24.1 Å². The van der Waals surface area contributed by atoms with E-state index in [2.05, 4.69) is 0 Å². The lowest BCUT2D eigenvalue weighted by Crippen LogP contribution is -2.64. The predicted octanol–water partition coefficient (Wildman–Crippen LogP) is -3.72. The Labute approximate surface area is 132 Å². The van der Waals surface area contributed by atoms with Crippen LogP contribution in [0.1, 0.15) is 6.92 Å². The summed E-state index contributed by atoms with van der Waals surface area (Å²) in [4.78, 5) is 0. The van der Waals surface area contributed by atoms with Crippen molar-refractivity contribution < 1.29 is 49.6 Å². The second-order valence-electron chi connectivity index (χ2n) is 5.72. The normalized spacial score (nSPS) is 51.7. The average Bonchev–Trinajstić information content (AvgIpc) is 2.54. The number of rotatable bonds is 4. The number of aliphatic hydroxyl groups is 6. The Balaban J connectivity index is 2.11. The van der Waals surface area contributed by atoms with E-state index in [0.29, 0.717) is 0 Å². The molecule has 2 rings (SSSR count). The lowest BCUT2D eigenvalue weighted by atomic mass is 9.97. The van der Waals surface area contributed by atoms with Crippen LogP contribution in [0.25, 0.3) is 0 Å². The summed E-state index contributed by atoms with van der Waals surface area (Å²) in [7, 11) is 1.31. The summed E-state index contributed by atoms with van der Waals surface area (Å²) in [6.45, 7) is 0.938. The second kappa shape index (κ2) is 7.66. The van der Waals surface area contributed by atoms with Crippen molar-refractivity contribution in [2.24, 2.45) is 0 Å². The Morgan fingerprint density at radius 1 is 0.826 bits per heavy atom. The van der Waals surface area contributed by atoms with Gasteiger partial charge in [-0.15, -0.1) is 0 Å². The second-order valence-corrected chi connectivity index (χ2v) is 5.72. The molecule has 0 aliphatic carbocycles. The van der Waals surface area contributed by atoms with Crippen LogP contribution in [-0.4, -0.2) is 106 Å². The van der Waals surface area contributed by atoms with Crippen LogP contribution in [-0.2, 0) is 18.9 Å². The molecule has 2 aliphatic heterocycles. The van der Waals surface area contributed by atoms with Crippen molar-refractivity contribution in [1.82, 2.24) is 0 Å². The maximum Gasteiger partial charge on any atom is 0.187 e. The van der Waals surface area contributed by atoms with Crippen LogP contribution in [0.15, 0.2) is 0 Å². The Hall–Kier alpha value is -0.400. The van der Waals surface area contributed by atoms with Gasteiger partial charge in [-0.2, -0.15) is 0 Å². The maximum atomic E-state index is 10.1. The lowest BCUT2D eigenvalue weighted by Gasteiger charge is -2.45. The number of hydrogen-bond donors (Lipinski definition) is 6. The molecule has 10 nitrogen and oxygen atoms in total. The molecule has 23 heavy (non-hydrogen) atoms. The first-order chi connectivity index (χ1) is 10.8. The minimum atomic E-state index is -1.63. The van der Waals surface area contributed by atoms with Gasteiger partial charge in [-0.3, -0.25) is 0 Å². The molecule has 2 aliphatic rings. The molecule has 0 amide bonds. The molecule has 0 saturated carbocycles. The molecule has 10 heteroatoms. The highest BCUT2D eigenvalue weighted by molar-refractivity contribution is 4.93. The SMILES string of the molecule is CO[C@@H]1O[C@@H](C)[C@H](O)[C@@H](O[C@H]2O[C@H](CO)[C@@H](O)[C@H](O)[C@@H]2O)[C@H]1O. The van der Waals surface area contributed by atoms with E-state index < -0.39 is 68.0 Å². The zero-order valence-electron chi connectivity index (χ0n) is 12.8. The lowest BCUT2D eigenvalue weighted by molar-refractivity contribution is -0.355. The van der Waals surface area contributed by atoms with Gasteiger partial charge in [-0.25, -0.2) is 0 Å². The zero-order chi connectivity index (χ0) is 17.3. The molecule has 0 spiro atoms. The predicted molar refractivity (Wildman–Crippen MR) is 72.0 cm³/mol. The fourth-order valence-electron chi connectivity index (χ4n) is 2.69. The van der Waals surface area contributed by atoms with E-state index in [9.17, 15) is 25.5 Å². The van der Waals surface area contributed by atoms with E-state index in [-0.39, 0.29) is 0 Å². The van der Waals surface area contributed by atoms with Crippen molar-refractivity contribution in [2.45, 2.75) is 68.3 Å². The van der Waals surface area contributed by atoms with Gasteiger partial charge in [-0.05, 0) is 6.92 Å². The summed E-state index contributed by atoms with van der Waals surface area (Å²) in [5.74, 6) is 0. The molecule has 0 bridgehead atoms. The van der Waals surface area contributed by atoms with Crippen LogP contribution >= 0.6 is 0 Å². The number of aliphatic hydroxyl groups excluding tert-OH is 6. The minimum absolute atomic E-state index is 0.610. The molecule has 2 saturated heterocycles. The van der Waals surface area contributed by atoms with Crippen LogP contribution in [0.4, 0.5) is 0 Å². The molecule has 0 aromatic carbocycles. The van der Waals surface area contributed by atoms with E-state index in [1.165, 1.54) is 7.11 Å². The highest BCUT2D eigenvalue weighted by atomic mass is 16.7. The van der Waals surface area contributed by atoms with Crippen LogP contribution in [0.3, 0.4) is 0 Å². The van der Waals surface area contributed by atoms with E-state index in [1.54, 1.807) is 6.92 Å². The first-order valence-electron chi connectivity index (χ1n) is 7.32. The zero-order valence-corrected chi connectivity index (χ0v) is 12.8. The van der Waals surface area contributed by atoms with E-state index >= 15 is 0 Å². The smallest absolute Gasteiger partial charge is 0.187 e. The summed E-state index contributed by atoms with van der Waals surface area (Å²) in [6, 6.07) is 0. The van der Waals surface area contributed by atoms with Crippen molar-refractivity contribution >= 4 is 0 Å². The summed E-state index contributed by atoms with van der Waals surface area (Å²) < 4.78 is 20.8. The third kappa shape index (κ3) is 3.66. The summed E-state index contributed by atoms with van der Waals surface area (Å²) in [5.41, 5.74) is 0. The monoisotopic (exact) mass is 340 g/mol. The van der Waals surface area contributed by atoms with Crippen LogP contribution < -0.4 is 0 Å². The van der Waals surface area contributed by atoms with E-state index in [0.717, 1.165) is 0 Å². The number of hydrogen-bond acceptors (Lipinski definition) is 10. The Morgan fingerprint density at radius 3 is 2.04 bits per heavy atom. The highest BCUT2D eigenvalue weighted by Crippen LogP contribution is 2.29. The molecule has 0 aromatic rings. The van der Waals surface area contributed by atoms with Crippen LogP contribution in [0.5, 0.6) is 0 Å². The van der Waals surface area contributed by atoms with Crippen molar-refractivity contribution in [3.8, 4) is 0 Å². The largest absolute Gasteiger partial charge is 0.394 e. The molecular formula is C13H24O10. The summed E-state index contributed by atoms with van der Waals surface area (Å²) in [5, 5.41) is 58.8. The van der Waals surface area contributed by atoms with Crippen LogP contribution in [0, 0.1) is 0 Å². The van der Waals surface area contributed by atoms with Gasteiger partial charge in [0.05, 0.1) is 12.7 Å². The quantitative estimate of drug-likeness (QED) is 0.300. The third-order valence-electron chi connectivity index (χ3n) is 4.15. The van der Waals surface area contributed by atoms with Gasteiger partial charge >= 0.3 is 0 Å². The molecule has 0 radical (unpaired) electrons. The number of ether oxygens (including phenoxy) is 4. The maximum absolute atomic E-state index is 10.1. The summed E-state index contributed by atoms with van der Waals surface area (Å²) >= 11 is 0. The molecule has 0 unspecified atom stereocenters. The van der Waals surface area contributed by atoms with Crippen molar-refractivity contribution in [2.75, 3.05) is 13.7 Å². The van der Waals surface area contributed by atoms with Crippen molar-refractivity contribution in [1.29, 1.82) is 0 Å². The number of methoxy groups -OCH3 is 1. The highest BCUT2D eigenvalue weighted by Gasteiger charge is 2.49. The fraction of sp³-hybridized carbons (Fsp3) is 1.00. The topological polar surface area (TPSA) is 158 Å². The Kier molecular flexibility index (Phi) is 6.30. The average molecular weight is 340 g/mol. The van der Waals surface area contributed by atoms with Gasteiger partial charge in [0.1, 0.15) is 42.7 Å². The van der Waals surface area contributed by atoms with Gasteiger partial charge in [0, 0.05) is 7.11 Å². The van der Waals surface area contributed by atoms with Crippen LogP contribution in [0.2, 0.25) is 0 Å². The molecule has 2 heterocycles. The molecule has 0 aromatic heterocycles. The molecule has 2 fully saturated rings. The first-order valence-corrected chi connectivity index (χ1v) is 7.32. The van der Waals surface area contributed by atoms with E-state index in [1.807, 2.05) is 0 Å². The first kappa shape index (κ1) is 18.9. The van der Waals surface area contributed by atoms with Gasteiger partial charge in [0.15, 0.2) is 12.6 Å². The molecule has 136 valence electrons. The molecule has 10 atom stereocenters.